The number of aryl methyl sites for hydroxylation is 1. The molecule has 0 aliphatic carbocycles. The quantitative estimate of drug-likeness (QED) is 0.559. The van der Waals surface area contributed by atoms with Gasteiger partial charge < -0.3 is 26.0 Å². The van der Waals surface area contributed by atoms with E-state index in [4.69, 9.17) is 5.11 Å². The van der Waals surface area contributed by atoms with E-state index in [2.05, 4.69) is 25.9 Å². The summed E-state index contributed by atoms with van der Waals surface area (Å²) < 4.78 is 0. The first kappa shape index (κ1) is 18.9. The van der Waals surface area contributed by atoms with Crippen LogP contribution in [0, 0.1) is 6.92 Å². The highest BCUT2D eigenvalue weighted by Crippen LogP contribution is 2.21. The number of nitrogens with zero attached hydrogens (tertiary/aromatic N) is 3. The zero-order valence-corrected chi connectivity index (χ0v) is 15.5. The molecule has 1 aliphatic rings. The number of aliphatic hydroxyl groups is 1. The number of likely N-dealkylation sites (tertiary alicyclic amines) is 1. The molecule has 8 heteroatoms. The minimum Gasteiger partial charge on any atom is -0.396 e. The van der Waals surface area contributed by atoms with Crippen LogP contribution >= 0.6 is 0 Å². The lowest BCUT2D eigenvalue weighted by molar-refractivity contribution is 0.222. The zero-order chi connectivity index (χ0) is 19.1. The van der Waals surface area contributed by atoms with Gasteiger partial charge in [0, 0.05) is 49.4 Å². The molecule has 2 aromatic rings. The lowest BCUT2D eigenvalue weighted by Crippen LogP contribution is -2.32. The van der Waals surface area contributed by atoms with Crippen molar-refractivity contribution in [3.8, 4) is 0 Å². The maximum absolute atomic E-state index is 12.2. The van der Waals surface area contributed by atoms with Crippen molar-refractivity contribution in [3.05, 3.63) is 36.0 Å². The highest BCUT2D eigenvalue weighted by Gasteiger charge is 2.17. The summed E-state index contributed by atoms with van der Waals surface area (Å²) in [7, 11) is 0. The van der Waals surface area contributed by atoms with Crippen LogP contribution in [0.25, 0.3) is 0 Å². The molecule has 0 atom stereocenters. The molecule has 1 fully saturated rings. The largest absolute Gasteiger partial charge is 0.396 e. The van der Waals surface area contributed by atoms with E-state index in [9.17, 15) is 4.79 Å². The summed E-state index contributed by atoms with van der Waals surface area (Å²) in [5, 5.41) is 18.2. The van der Waals surface area contributed by atoms with E-state index in [1.807, 2.05) is 36.1 Å². The van der Waals surface area contributed by atoms with Gasteiger partial charge >= 0.3 is 6.03 Å². The van der Waals surface area contributed by atoms with E-state index in [-0.39, 0.29) is 12.6 Å². The van der Waals surface area contributed by atoms with E-state index in [1.54, 1.807) is 6.20 Å². The maximum Gasteiger partial charge on any atom is 0.321 e. The Hall–Kier alpha value is -2.87. The summed E-state index contributed by atoms with van der Waals surface area (Å²) in [5.41, 5.74) is 2.45. The van der Waals surface area contributed by atoms with Crippen molar-refractivity contribution in [2.24, 2.45) is 0 Å². The highest BCUT2D eigenvalue weighted by molar-refractivity contribution is 5.90. The summed E-state index contributed by atoms with van der Waals surface area (Å²) in [5.74, 6) is 1.20. The molecule has 0 bridgehead atoms. The van der Waals surface area contributed by atoms with Crippen molar-refractivity contribution < 1.29 is 9.90 Å². The standard InChI is InChI=1S/C19H26N6O2/c1-14-13-21-18(24-17(14)20-8-5-11-26)22-15-6-4-7-16(12-15)23-19(27)25-9-2-3-10-25/h4,6-7,12-13,26H,2-3,5,8-11H2,1H3,(H,23,27)(H2,20,21,22,24). The molecule has 3 rings (SSSR count). The smallest absolute Gasteiger partial charge is 0.321 e. The van der Waals surface area contributed by atoms with Gasteiger partial charge in [0.2, 0.25) is 5.95 Å². The summed E-state index contributed by atoms with van der Waals surface area (Å²) in [4.78, 5) is 22.9. The fraction of sp³-hybridized carbons (Fsp3) is 0.421. The number of benzene rings is 1. The van der Waals surface area contributed by atoms with Crippen LogP contribution in [0.5, 0.6) is 0 Å². The Labute approximate surface area is 159 Å². The summed E-state index contributed by atoms with van der Waals surface area (Å²) in [6, 6.07) is 7.42. The minimum absolute atomic E-state index is 0.0633. The van der Waals surface area contributed by atoms with Gasteiger partial charge in [0.15, 0.2) is 0 Å². The average molecular weight is 370 g/mol. The van der Waals surface area contributed by atoms with Gasteiger partial charge in [0.05, 0.1) is 0 Å². The second-order valence-corrected chi connectivity index (χ2v) is 6.56. The maximum atomic E-state index is 12.2. The fourth-order valence-corrected chi connectivity index (χ4v) is 2.89. The van der Waals surface area contributed by atoms with Crippen molar-refractivity contribution >= 4 is 29.2 Å². The van der Waals surface area contributed by atoms with Gasteiger partial charge in [-0.25, -0.2) is 9.78 Å². The molecule has 2 heterocycles. The van der Waals surface area contributed by atoms with E-state index >= 15 is 0 Å². The molecule has 2 amide bonds. The number of hydrogen-bond donors (Lipinski definition) is 4. The number of rotatable bonds is 7. The van der Waals surface area contributed by atoms with Gasteiger partial charge in [-0.2, -0.15) is 4.98 Å². The molecule has 0 spiro atoms. The molecule has 1 aromatic heterocycles. The van der Waals surface area contributed by atoms with Gasteiger partial charge in [-0.3, -0.25) is 0 Å². The molecule has 0 saturated carbocycles. The molecule has 0 radical (unpaired) electrons. The Balaban J connectivity index is 1.65. The van der Waals surface area contributed by atoms with Crippen LogP contribution < -0.4 is 16.0 Å². The number of carbonyl (C=O) groups excluding carboxylic acids is 1. The summed E-state index contributed by atoms with van der Waals surface area (Å²) in [6.45, 7) is 4.34. The molecule has 144 valence electrons. The topological polar surface area (TPSA) is 102 Å². The second kappa shape index (κ2) is 9.18. The first-order valence-electron chi connectivity index (χ1n) is 9.27. The first-order chi connectivity index (χ1) is 13.2. The van der Waals surface area contributed by atoms with E-state index in [0.717, 1.165) is 48.7 Å². The van der Waals surface area contributed by atoms with Crippen molar-refractivity contribution in [1.29, 1.82) is 0 Å². The van der Waals surface area contributed by atoms with Gasteiger partial charge in [-0.15, -0.1) is 0 Å². The number of hydrogen-bond acceptors (Lipinski definition) is 6. The monoisotopic (exact) mass is 370 g/mol. The number of nitrogens with one attached hydrogen (secondary N) is 3. The van der Waals surface area contributed by atoms with Crippen LogP contribution in [0.4, 0.5) is 27.9 Å². The molecule has 8 nitrogen and oxygen atoms in total. The number of aliphatic hydroxyl groups excluding tert-OH is 1. The minimum atomic E-state index is -0.0633. The highest BCUT2D eigenvalue weighted by atomic mass is 16.3. The van der Waals surface area contributed by atoms with Crippen LogP contribution in [0.1, 0.15) is 24.8 Å². The predicted octanol–water partition coefficient (Wildman–Crippen LogP) is 2.95. The lowest BCUT2D eigenvalue weighted by atomic mass is 10.3. The molecule has 27 heavy (non-hydrogen) atoms. The second-order valence-electron chi connectivity index (χ2n) is 6.56. The summed E-state index contributed by atoms with van der Waals surface area (Å²) in [6.07, 6.45) is 4.53. The Bertz CT molecular complexity index is 777. The van der Waals surface area contributed by atoms with Gasteiger partial charge in [-0.05, 0) is 44.4 Å². The van der Waals surface area contributed by atoms with Crippen molar-refractivity contribution in [2.75, 3.05) is 42.2 Å². The van der Waals surface area contributed by atoms with Crippen LogP contribution in [-0.4, -0.2) is 52.2 Å². The molecule has 1 saturated heterocycles. The fourth-order valence-electron chi connectivity index (χ4n) is 2.89. The van der Waals surface area contributed by atoms with Crippen molar-refractivity contribution in [1.82, 2.24) is 14.9 Å². The Kier molecular flexibility index (Phi) is 6.43. The van der Waals surface area contributed by atoms with E-state index < -0.39 is 0 Å². The third-order valence-corrected chi connectivity index (χ3v) is 4.36. The molecule has 1 aromatic carbocycles. The number of urea groups is 1. The molecular formula is C19H26N6O2. The lowest BCUT2D eigenvalue weighted by Gasteiger charge is -2.16. The van der Waals surface area contributed by atoms with Crippen molar-refractivity contribution in [2.45, 2.75) is 26.2 Å². The van der Waals surface area contributed by atoms with Gasteiger partial charge in [-0.1, -0.05) is 6.07 Å². The average Bonchev–Trinajstić information content (AvgIpc) is 3.20. The van der Waals surface area contributed by atoms with Crippen molar-refractivity contribution in [3.63, 3.8) is 0 Å². The zero-order valence-electron chi connectivity index (χ0n) is 15.5. The Morgan fingerprint density at radius 3 is 2.81 bits per heavy atom. The molecule has 0 unspecified atom stereocenters. The molecule has 4 N–H and O–H groups in total. The third kappa shape index (κ3) is 5.30. The summed E-state index contributed by atoms with van der Waals surface area (Å²) >= 11 is 0. The predicted molar refractivity (Wildman–Crippen MR) is 107 cm³/mol. The molecule has 1 aliphatic heterocycles. The number of amides is 2. The normalized spacial score (nSPS) is 13.5. The van der Waals surface area contributed by atoms with Gasteiger partial charge in [0.1, 0.15) is 5.82 Å². The molecular weight excluding hydrogens is 344 g/mol. The first-order valence-corrected chi connectivity index (χ1v) is 9.27. The van der Waals surface area contributed by atoms with E-state index in [0.29, 0.717) is 18.9 Å². The number of aromatic nitrogens is 2. The number of anilines is 4. The Morgan fingerprint density at radius 2 is 2.04 bits per heavy atom. The van der Waals surface area contributed by atoms with E-state index in [1.165, 1.54) is 0 Å². The Morgan fingerprint density at radius 1 is 1.26 bits per heavy atom. The van der Waals surface area contributed by atoms with Crippen LogP contribution in [0.2, 0.25) is 0 Å². The SMILES string of the molecule is Cc1cnc(Nc2cccc(NC(=O)N3CCCC3)c2)nc1NCCCO. The van der Waals surface area contributed by atoms with Crippen LogP contribution in [0.15, 0.2) is 30.5 Å². The van der Waals surface area contributed by atoms with Gasteiger partial charge in [0.25, 0.3) is 0 Å². The number of carbonyl (C=O) groups is 1. The van der Waals surface area contributed by atoms with Crippen LogP contribution in [-0.2, 0) is 0 Å². The van der Waals surface area contributed by atoms with Crippen LogP contribution in [0.3, 0.4) is 0 Å². The third-order valence-electron chi connectivity index (χ3n) is 4.36.